The highest BCUT2D eigenvalue weighted by Gasteiger charge is 2.46. The number of para-hydroxylation sites is 6. The van der Waals surface area contributed by atoms with E-state index < -0.39 is 43.0 Å². The molecular weight excluding hydrogens is 1550 g/mol. The molecule has 0 aliphatic carbocycles. The van der Waals surface area contributed by atoms with Crippen molar-refractivity contribution in [1.29, 1.82) is 0 Å². The molecular formula is C122H88BN5. The van der Waals surface area contributed by atoms with Crippen molar-refractivity contribution in [3.05, 3.63) is 436 Å². The molecule has 0 saturated heterocycles. The minimum atomic E-state index is -0.606. The summed E-state index contributed by atoms with van der Waals surface area (Å²) in [5.41, 5.74) is 33.3. The molecule has 0 radical (unpaired) electrons. The van der Waals surface area contributed by atoms with E-state index >= 15 is 0 Å². The first-order chi connectivity index (χ1) is 66.1. The van der Waals surface area contributed by atoms with Crippen molar-refractivity contribution < 1.29 is 11.0 Å². The van der Waals surface area contributed by atoms with Gasteiger partial charge in [-0.25, -0.2) is 0 Å². The minimum absolute atomic E-state index is 0.00826. The van der Waals surface area contributed by atoms with E-state index in [1.165, 1.54) is 27.4 Å². The maximum absolute atomic E-state index is 10.1. The summed E-state index contributed by atoms with van der Waals surface area (Å²) in [7, 11) is 0. The number of fused-ring (bicyclic) bond motifs is 16. The molecule has 4 aromatic heterocycles. The second kappa shape index (κ2) is 28.9. The van der Waals surface area contributed by atoms with Gasteiger partial charge in [0.05, 0.1) is 61.0 Å². The van der Waals surface area contributed by atoms with E-state index in [9.17, 15) is 11.0 Å². The van der Waals surface area contributed by atoms with Gasteiger partial charge in [-0.15, -0.1) is 0 Å². The van der Waals surface area contributed by atoms with Crippen molar-refractivity contribution in [2.45, 2.75) is 52.4 Å². The zero-order valence-electron chi connectivity index (χ0n) is 79.6. The van der Waals surface area contributed by atoms with E-state index in [1.54, 1.807) is 4.57 Å². The molecule has 5 nitrogen and oxygen atoms in total. The zero-order valence-corrected chi connectivity index (χ0v) is 71.6. The van der Waals surface area contributed by atoms with Crippen LogP contribution in [0.3, 0.4) is 0 Å². The van der Waals surface area contributed by atoms with Crippen LogP contribution in [0.4, 0.5) is 34.1 Å². The van der Waals surface area contributed by atoms with Crippen molar-refractivity contribution in [2.75, 3.05) is 9.80 Å². The largest absolute Gasteiger partial charge is 0.310 e. The Morgan fingerprint density at radius 2 is 0.578 bits per heavy atom. The van der Waals surface area contributed by atoms with Gasteiger partial charge in [0.2, 0.25) is 0 Å². The van der Waals surface area contributed by atoms with Crippen molar-refractivity contribution in [2.24, 2.45) is 0 Å². The summed E-state index contributed by atoms with van der Waals surface area (Å²) in [6, 6.07) is 134. The first-order valence-electron chi connectivity index (χ1n) is 48.2. The standard InChI is InChI=1S/C122H88BN5/c1-121(2,3)89-58-52-77(53-59-89)85-67-98(79-32-12-7-13-33-79)118(99(68-85)80-34-14-8-15-35-80)127-113-73-84(87-71-103-96-45-25-30-50-110(96)126-111-51-31-26-46-97(111)104(72-87)120(103)126)56-63-105(113)123-106-64-62-92(125-107-47-27-22-42-93(107)94-43-23-28-48-108(94)125)76-114(106)128(116-75-88(74-115(127)117(116)123)83-57-65-112-102(66-83)95-44-24-29-49-109(95)124(112)91-40-20-11-21-41-91)119-100(81-36-16-9-17-37-81)69-86(70-101(119)82-38-18-10-19-39-82)78-54-60-90(61-55-78)122(4,5)6/h7-76H,1-6H3/i22D,23D,27D,28D,42D,43D,47D,48D. The van der Waals surface area contributed by atoms with Gasteiger partial charge in [-0.2, -0.15) is 0 Å². The third kappa shape index (κ3) is 11.8. The fraction of sp³-hybridized carbons (Fsp3) is 0.0656. The summed E-state index contributed by atoms with van der Waals surface area (Å²) in [6.07, 6.45) is 0. The van der Waals surface area contributed by atoms with Gasteiger partial charge in [0.1, 0.15) is 0 Å². The highest BCUT2D eigenvalue weighted by atomic mass is 15.2. The molecule has 0 amide bonds. The van der Waals surface area contributed by atoms with Crippen molar-refractivity contribution >= 4 is 139 Å². The van der Waals surface area contributed by atoms with Crippen LogP contribution in [0.15, 0.2) is 424 Å². The molecule has 0 bridgehead atoms. The van der Waals surface area contributed by atoms with Gasteiger partial charge in [0.15, 0.2) is 0 Å². The van der Waals surface area contributed by atoms with Gasteiger partial charge in [-0.05, 0) is 226 Å². The number of hydrogen-bond acceptors (Lipinski definition) is 2. The second-order valence-electron chi connectivity index (χ2n) is 36.5. The molecule has 0 spiro atoms. The lowest BCUT2D eigenvalue weighted by molar-refractivity contribution is 0.590. The molecule has 6 heteroatoms. The monoisotopic (exact) mass is 1640 g/mol. The van der Waals surface area contributed by atoms with Gasteiger partial charge in [-0.3, -0.25) is 0 Å². The first-order valence-corrected chi connectivity index (χ1v) is 44.2. The van der Waals surface area contributed by atoms with Crippen LogP contribution in [0.5, 0.6) is 0 Å². The van der Waals surface area contributed by atoms with Crippen LogP contribution in [0.1, 0.15) is 63.6 Å². The fourth-order valence-corrected chi connectivity index (χ4v) is 21.0. The second-order valence-corrected chi connectivity index (χ2v) is 36.5. The predicted octanol–water partition coefficient (Wildman–Crippen LogP) is 31.0. The van der Waals surface area contributed by atoms with E-state index in [-0.39, 0.29) is 44.7 Å². The van der Waals surface area contributed by atoms with Crippen LogP contribution < -0.4 is 26.2 Å². The van der Waals surface area contributed by atoms with Crippen molar-refractivity contribution in [3.63, 3.8) is 0 Å². The average molecular weight is 1640 g/mol. The molecule has 2 aliphatic heterocycles. The van der Waals surface area contributed by atoms with Crippen LogP contribution in [-0.2, 0) is 10.8 Å². The SMILES string of the molecule is [2H]c1c([2H])c([2H])c2c(c1[2H])c1c([2H])c([2H])c([2H])c([2H])c1n2-c1ccc2c(c1)N(c1c(-c3ccccc3)cc(-c3ccc(C(C)(C)C)cc3)cc1-c1ccccc1)c1cc(-c3ccc4c(c3)c3ccccc3n4-c3ccccc3)cc3c1B2c1ccc(-c2cc4c5ccccc5n5c6ccccc6c(c2)c45)cc1N3c1c(-c2ccccc2)cc(-c2ccc(C(C)(C)C)cc2)cc1-c1ccccc1. The number of rotatable bonds is 12. The predicted molar refractivity (Wildman–Crippen MR) is 545 cm³/mol. The highest BCUT2D eigenvalue weighted by Crippen LogP contribution is 2.57. The van der Waals surface area contributed by atoms with Crippen LogP contribution in [0.25, 0.3) is 182 Å². The summed E-state index contributed by atoms with van der Waals surface area (Å²) in [5.74, 6) is 0. The number of benzene rings is 19. The lowest BCUT2D eigenvalue weighted by atomic mass is 9.33. The van der Waals surface area contributed by atoms with E-state index in [4.69, 9.17) is 0 Å². The quantitative estimate of drug-likeness (QED) is 0.114. The summed E-state index contributed by atoms with van der Waals surface area (Å²) >= 11 is 0. The zero-order chi connectivity index (χ0) is 92.3. The molecule has 0 fully saturated rings. The Labute approximate surface area is 756 Å². The maximum Gasteiger partial charge on any atom is 0.252 e. The lowest BCUT2D eigenvalue weighted by Crippen LogP contribution is -2.61. The molecule has 23 aromatic rings. The minimum Gasteiger partial charge on any atom is -0.310 e. The summed E-state index contributed by atoms with van der Waals surface area (Å²) < 4.78 is 84.1. The average Bonchev–Trinajstić information content (AvgIpc) is 1.36. The Hall–Kier alpha value is -15.8. The number of nitrogens with zero attached hydrogens (tertiary/aromatic N) is 5. The third-order valence-electron chi connectivity index (χ3n) is 27.1. The van der Waals surface area contributed by atoms with Gasteiger partial charge in [-0.1, -0.05) is 345 Å². The molecule has 19 aromatic carbocycles. The Morgan fingerprint density at radius 3 is 1.05 bits per heavy atom. The molecule has 0 N–H and O–H groups in total. The maximum atomic E-state index is 10.1. The van der Waals surface area contributed by atoms with Gasteiger partial charge in [0, 0.05) is 99.5 Å². The molecule has 6 heterocycles. The Bertz CT molecular complexity index is 8670. The van der Waals surface area contributed by atoms with Gasteiger partial charge < -0.3 is 23.3 Å². The van der Waals surface area contributed by atoms with E-state index in [2.05, 4.69) is 430 Å². The van der Waals surface area contributed by atoms with Crippen LogP contribution in [0, 0.1) is 0 Å². The van der Waals surface area contributed by atoms with E-state index in [1.807, 2.05) is 6.07 Å². The highest BCUT2D eigenvalue weighted by molar-refractivity contribution is 7.00. The van der Waals surface area contributed by atoms with Gasteiger partial charge >= 0.3 is 0 Å². The Morgan fingerprint density at radius 1 is 0.234 bits per heavy atom. The topological polar surface area (TPSA) is 20.8 Å². The van der Waals surface area contributed by atoms with Gasteiger partial charge in [0.25, 0.3) is 6.71 Å². The summed E-state index contributed by atoms with van der Waals surface area (Å²) in [4.78, 5) is 5.11. The molecule has 25 rings (SSSR count). The normalized spacial score (nSPS) is 13.6. The van der Waals surface area contributed by atoms with Crippen molar-refractivity contribution in [3.8, 4) is 100 Å². The fourth-order valence-electron chi connectivity index (χ4n) is 21.0. The summed E-state index contributed by atoms with van der Waals surface area (Å²) in [6.45, 7) is 12.9. The summed E-state index contributed by atoms with van der Waals surface area (Å²) in [5, 5.41) is 6.80. The van der Waals surface area contributed by atoms with Crippen LogP contribution in [0.2, 0.25) is 0 Å². The van der Waals surface area contributed by atoms with Crippen LogP contribution >= 0.6 is 0 Å². The molecule has 2 aliphatic rings. The molecule has 0 atom stereocenters. The molecule has 0 unspecified atom stereocenters. The van der Waals surface area contributed by atoms with E-state index in [0.717, 1.165) is 189 Å². The van der Waals surface area contributed by atoms with Crippen LogP contribution in [-0.4, -0.2) is 20.2 Å². The molecule has 128 heavy (non-hydrogen) atoms. The number of hydrogen-bond donors (Lipinski definition) is 0. The molecule has 0 saturated carbocycles. The first kappa shape index (κ1) is 66.8. The van der Waals surface area contributed by atoms with E-state index in [0.29, 0.717) is 5.69 Å². The Kier molecular flexibility index (Phi) is 15.1. The number of aromatic nitrogens is 3. The molecule has 604 valence electrons. The smallest absolute Gasteiger partial charge is 0.252 e. The van der Waals surface area contributed by atoms with Crippen molar-refractivity contribution in [1.82, 2.24) is 13.5 Å². The third-order valence-corrected chi connectivity index (χ3v) is 27.1. The number of anilines is 6. The Balaban J connectivity index is 0.877. The lowest BCUT2D eigenvalue weighted by Gasteiger charge is -2.46.